The molecule has 224 valence electrons. The first-order valence-electron chi connectivity index (χ1n) is 13.6. The van der Waals surface area contributed by atoms with Gasteiger partial charge in [0.2, 0.25) is 18.6 Å². The molecule has 12 heteroatoms. The van der Waals surface area contributed by atoms with Crippen molar-refractivity contribution in [3.8, 4) is 17.2 Å². The van der Waals surface area contributed by atoms with E-state index in [-0.39, 0.29) is 43.4 Å². The van der Waals surface area contributed by atoms with Crippen molar-refractivity contribution in [1.29, 1.82) is 0 Å². The van der Waals surface area contributed by atoms with Crippen molar-refractivity contribution in [3.05, 3.63) is 47.5 Å². The Labute approximate surface area is 237 Å². The monoisotopic (exact) mass is 579 g/mol. The van der Waals surface area contributed by atoms with Gasteiger partial charge in [-0.25, -0.2) is 0 Å². The van der Waals surface area contributed by atoms with Crippen LogP contribution in [0.4, 0.5) is 18.9 Å². The number of amides is 2. The molecule has 0 spiro atoms. The topological polar surface area (TPSA) is 101 Å². The third kappa shape index (κ3) is 8.26. The molecular weight excluding hydrogens is 543 g/mol. The van der Waals surface area contributed by atoms with E-state index in [4.69, 9.17) is 14.2 Å². The molecule has 9 nitrogen and oxygen atoms in total. The highest BCUT2D eigenvalue weighted by molar-refractivity contribution is 5.91. The second-order valence-electron chi connectivity index (χ2n) is 10.8. The number of hydrogen-bond donors (Lipinski definition) is 2. The zero-order chi connectivity index (χ0) is 29.7. The summed E-state index contributed by atoms with van der Waals surface area (Å²) in [5.41, 5.74) is 1.80. The molecule has 41 heavy (non-hydrogen) atoms. The van der Waals surface area contributed by atoms with E-state index < -0.39 is 31.0 Å². The van der Waals surface area contributed by atoms with Crippen LogP contribution in [0.2, 0.25) is 0 Å². The summed E-state index contributed by atoms with van der Waals surface area (Å²) < 4.78 is 55.0. The highest BCUT2D eigenvalue weighted by Crippen LogP contribution is 2.33. The quantitative estimate of drug-likeness (QED) is 0.464. The molecule has 2 heterocycles. The van der Waals surface area contributed by atoms with Gasteiger partial charge >= 0.3 is 6.18 Å². The number of likely N-dealkylation sites (N-methyl/N-ethyl adjacent to an activating group) is 1. The predicted octanol–water partition coefficient (Wildman–Crippen LogP) is 3.98. The van der Waals surface area contributed by atoms with E-state index in [0.717, 1.165) is 5.56 Å². The van der Waals surface area contributed by atoms with Gasteiger partial charge in [0, 0.05) is 43.2 Å². The molecule has 0 saturated carbocycles. The Morgan fingerprint density at radius 1 is 1.17 bits per heavy atom. The Kier molecular flexibility index (Phi) is 9.64. The summed E-state index contributed by atoms with van der Waals surface area (Å²) in [6, 6.07) is 10.1. The first-order valence-corrected chi connectivity index (χ1v) is 13.6. The van der Waals surface area contributed by atoms with E-state index in [9.17, 15) is 27.9 Å². The van der Waals surface area contributed by atoms with E-state index >= 15 is 0 Å². The number of rotatable bonds is 9. The van der Waals surface area contributed by atoms with E-state index in [2.05, 4.69) is 10.2 Å². The van der Waals surface area contributed by atoms with Gasteiger partial charge in [-0.15, -0.1) is 0 Å². The fraction of sp³-hybridized carbons (Fsp3) is 0.517. The Morgan fingerprint density at radius 3 is 2.63 bits per heavy atom. The van der Waals surface area contributed by atoms with Crippen LogP contribution in [-0.4, -0.2) is 78.6 Å². The lowest BCUT2D eigenvalue weighted by Crippen LogP contribution is -2.47. The summed E-state index contributed by atoms with van der Waals surface area (Å²) in [6.45, 7) is 5.22. The largest absolute Gasteiger partial charge is 0.488 e. The fourth-order valence-corrected chi connectivity index (χ4v) is 4.93. The van der Waals surface area contributed by atoms with Crippen molar-refractivity contribution in [3.63, 3.8) is 0 Å². The van der Waals surface area contributed by atoms with Crippen LogP contribution in [0, 0.1) is 5.92 Å². The molecular formula is C29H36F3N3O6. The SMILES string of the molecule is C[C@@H]1CN([C@H](C)CO)C(=O)Cc2cc(NC(=O)CCC(F)(F)F)ccc2O[C@@H]1CN(C)Cc1ccc2c(c1)OCO2. The Morgan fingerprint density at radius 2 is 1.90 bits per heavy atom. The van der Waals surface area contributed by atoms with Crippen molar-refractivity contribution >= 4 is 17.5 Å². The van der Waals surface area contributed by atoms with E-state index in [1.807, 2.05) is 32.2 Å². The minimum absolute atomic E-state index is 0.0571. The maximum atomic E-state index is 13.4. The van der Waals surface area contributed by atoms with Gasteiger partial charge in [-0.2, -0.15) is 13.2 Å². The van der Waals surface area contributed by atoms with Crippen LogP contribution in [0.5, 0.6) is 17.2 Å². The summed E-state index contributed by atoms with van der Waals surface area (Å²) in [5.74, 6) is 0.756. The van der Waals surface area contributed by atoms with Gasteiger partial charge in [-0.3, -0.25) is 14.5 Å². The number of carbonyl (C=O) groups excluding carboxylic acids is 2. The van der Waals surface area contributed by atoms with Crippen LogP contribution >= 0.6 is 0 Å². The normalized spacial score (nSPS) is 19.6. The molecule has 3 atom stereocenters. The molecule has 2 N–H and O–H groups in total. The second kappa shape index (κ2) is 13.0. The third-order valence-corrected chi connectivity index (χ3v) is 7.22. The number of alkyl halides is 3. The molecule has 4 rings (SSSR count). The van der Waals surface area contributed by atoms with Crippen LogP contribution in [0.15, 0.2) is 36.4 Å². The lowest BCUT2D eigenvalue weighted by molar-refractivity contribution is -0.142. The number of anilines is 1. The number of benzene rings is 2. The van der Waals surface area contributed by atoms with Crippen molar-refractivity contribution in [1.82, 2.24) is 9.80 Å². The Bertz CT molecular complexity index is 1240. The highest BCUT2D eigenvalue weighted by Gasteiger charge is 2.32. The summed E-state index contributed by atoms with van der Waals surface area (Å²) in [5, 5.41) is 12.3. The Hall–Kier alpha value is -3.51. The molecule has 0 radical (unpaired) electrons. The average molecular weight is 580 g/mol. The van der Waals surface area contributed by atoms with Gasteiger partial charge in [-0.05, 0) is 49.9 Å². The van der Waals surface area contributed by atoms with Gasteiger partial charge in [-0.1, -0.05) is 13.0 Å². The van der Waals surface area contributed by atoms with Crippen LogP contribution in [0.3, 0.4) is 0 Å². The van der Waals surface area contributed by atoms with Crippen LogP contribution in [0.25, 0.3) is 0 Å². The summed E-state index contributed by atoms with van der Waals surface area (Å²) >= 11 is 0. The first-order chi connectivity index (χ1) is 19.4. The fourth-order valence-electron chi connectivity index (χ4n) is 4.93. The zero-order valence-electron chi connectivity index (χ0n) is 23.4. The molecule has 2 amide bonds. The maximum Gasteiger partial charge on any atom is 0.389 e. The minimum atomic E-state index is -4.43. The predicted molar refractivity (Wildman–Crippen MR) is 145 cm³/mol. The number of ether oxygens (including phenoxy) is 3. The molecule has 2 aliphatic rings. The number of fused-ring (bicyclic) bond motifs is 2. The lowest BCUT2D eigenvalue weighted by atomic mass is 10.0. The molecule has 0 unspecified atom stereocenters. The van der Waals surface area contributed by atoms with Crippen molar-refractivity contribution in [2.75, 3.05) is 38.9 Å². The molecule has 2 aliphatic heterocycles. The highest BCUT2D eigenvalue weighted by atomic mass is 19.4. The van der Waals surface area contributed by atoms with Crippen molar-refractivity contribution in [2.24, 2.45) is 5.92 Å². The van der Waals surface area contributed by atoms with Crippen molar-refractivity contribution in [2.45, 2.75) is 58.0 Å². The van der Waals surface area contributed by atoms with Crippen molar-refractivity contribution < 1.29 is 42.1 Å². The first kappa shape index (κ1) is 30.4. The number of aliphatic hydroxyl groups is 1. The smallest absolute Gasteiger partial charge is 0.389 e. The van der Waals surface area contributed by atoms with Gasteiger partial charge in [0.25, 0.3) is 0 Å². The number of carbonyl (C=O) groups is 2. The summed E-state index contributed by atoms with van der Waals surface area (Å²) in [6.07, 6.45) is -6.76. The number of aliphatic hydroxyl groups excluding tert-OH is 1. The number of hydrogen-bond acceptors (Lipinski definition) is 7. The molecule has 2 aromatic carbocycles. The second-order valence-corrected chi connectivity index (χ2v) is 10.8. The summed E-state index contributed by atoms with van der Waals surface area (Å²) in [7, 11) is 1.97. The summed E-state index contributed by atoms with van der Waals surface area (Å²) in [4.78, 5) is 29.2. The molecule has 2 aromatic rings. The molecule has 0 aromatic heterocycles. The number of halogens is 3. The Balaban J connectivity index is 1.54. The van der Waals surface area contributed by atoms with Crippen LogP contribution < -0.4 is 19.5 Å². The minimum Gasteiger partial charge on any atom is -0.488 e. The van der Waals surface area contributed by atoms with Gasteiger partial charge < -0.3 is 29.5 Å². The number of nitrogens with zero attached hydrogens (tertiary/aromatic N) is 2. The standard InChI is InChI=1S/C29H36F3N3O6/c1-18-13-35(19(2)16-36)28(38)12-21-11-22(33-27(37)8-9-29(30,31)32)5-7-23(21)41-26(18)15-34(3)14-20-4-6-24-25(10-20)40-17-39-24/h4-7,10-11,18-19,26,36H,8-9,12-17H2,1-3H3,(H,33,37)/t18-,19-,26-/m1/s1. The molecule has 0 saturated heterocycles. The molecule has 0 aliphatic carbocycles. The van der Waals surface area contributed by atoms with E-state index in [0.29, 0.717) is 42.4 Å². The maximum absolute atomic E-state index is 13.4. The lowest BCUT2D eigenvalue weighted by Gasteiger charge is -2.34. The molecule has 0 bridgehead atoms. The van der Waals surface area contributed by atoms with Gasteiger partial charge in [0.1, 0.15) is 11.9 Å². The van der Waals surface area contributed by atoms with Gasteiger partial charge in [0.15, 0.2) is 11.5 Å². The van der Waals surface area contributed by atoms with Gasteiger partial charge in [0.05, 0.1) is 25.5 Å². The van der Waals surface area contributed by atoms with E-state index in [1.54, 1.807) is 30.0 Å². The van der Waals surface area contributed by atoms with E-state index in [1.165, 1.54) is 0 Å². The zero-order valence-corrected chi connectivity index (χ0v) is 23.4. The third-order valence-electron chi connectivity index (χ3n) is 7.22. The van der Waals surface area contributed by atoms with Crippen LogP contribution in [0.1, 0.15) is 37.8 Å². The average Bonchev–Trinajstić information content (AvgIpc) is 3.39. The molecule has 0 fully saturated rings. The van der Waals surface area contributed by atoms with Crippen LogP contribution in [-0.2, 0) is 22.6 Å². The number of nitrogens with one attached hydrogen (secondary N) is 1.